The Labute approximate surface area is 135 Å². The Morgan fingerprint density at radius 2 is 2.30 bits per heavy atom. The first-order valence-electron chi connectivity index (χ1n) is 8.01. The molecule has 1 aliphatic rings. The number of rotatable bonds is 4. The second kappa shape index (κ2) is 6.91. The number of aliphatic hydroxyl groups is 1. The lowest BCUT2D eigenvalue weighted by atomic mass is 9.97. The fourth-order valence-corrected chi connectivity index (χ4v) is 3.12. The quantitative estimate of drug-likeness (QED) is 0.931. The molecule has 1 saturated heterocycles. The Morgan fingerprint density at radius 3 is 3.04 bits per heavy atom. The van der Waals surface area contributed by atoms with Crippen molar-refractivity contribution in [1.82, 2.24) is 19.4 Å². The summed E-state index contributed by atoms with van der Waals surface area (Å²) in [6, 6.07) is 5.20. The Balaban J connectivity index is 1.68. The van der Waals surface area contributed by atoms with Gasteiger partial charge in [-0.2, -0.15) is 0 Å². The molecule has 0 aliphatic carbocycles. The standard InChI is InChI=1S/C17H22N4O2/c1-13-18-7-9-20(13)10-14-4-3-8-21(11-14)17(23)16-6-2-5-15(12-22)19-16/h2,5-7,9,14,22H,3-4,8,10-12H2,1H3. The number of carbonyl (C=O) groups is 1. The van der Waals surface area contributed by atoms with E-state index >= 15 is 0 Å². The third-order valence-electron chi connectivity index (χ3n) is 4.37. The highest BCUT2D eigenvalue weighted by atomic mass is 16.3. The zero-order chi connectivity index (χ0) is 16.2. The van der Waals surface area contributed by atoms with E-state index in [0.717, 1.165) is 38.3 Å². The topological polar surface area (TPSA) is 71.2 Å². The number of pyridine rings is 1. The number of hydrogen-bond donors (Lipinski definition) is 1. The van der Waals surface area contributed by atoms with Gasteiger partial charge in [-0.15, -0.1) is 0 Å². The Kier molecular flexibility index (Phi) is 4.71. The van der Waals surface area contributed by atoms with Crippen LogP contribution in [0, 0.1) is 12.8 Å². The van der Waals surface area contributed by atoms with Crippen LogP contribution in [-0.2, 0) is 13.2 Å². The predicted octanol–water partition coefficient (Wildman–Crippen LogP) is 1.63. The molecule has 6 heteroatoms. The summed E-state index contributed by atoms with van der Waals surface area (Å²) in [5.41, 5.74) is 0.939. The lowest BCUT2D eigenvalue weighted by Crippen LogP contribution is -2.41. The van der Waals surface area contributed by atoms with E-state index in [0.29, 0.717) is 17.3 Å². The van der Waals surface area contributed by atoms with Gasteiger partial charge in [-0.05, 0) is 37.8 Å². The van der Waals surface area contributed by atoms with Crippen molar-refractivity contribution < 1.29 is 9.90 Å². The molecule has 2 aromatic rings. The summed E-state index contributed by atoms with van der Waals surface area (Å²) in [6.07, 6.45) is 5.92. The number of piperidine rings is 1. The van der Waals surface area contributed by atoms with Crippen LogP contribution in [0.2, 0.25) is 0 Å². The van der Waals surface area contributed by atoms with Crippen LogP contribution in [0.1, 0.15) is 34.8 Å². The summed E-state index contributed by atoms with van der Waals surface area (Å²) in [6.45, 7) is 4.24. The molecule has 0 radical (unpaired) electrons. The fraction of sp³-hybridized carbons (Fsp3) is 0.471. The molecular formula is C17H22N4O2. The van der Waals surface area contributed by atoms with Crippen molar-refractivity contribution in [3.63, 3.8) is 0 Å². The van der Waals surface area contributed by atoms with Gasteiger partial charge < -0.3 is 14.6 Å². The number of carbonyl (C=O) groups excluding carboxylic acids is 1. The van der Waals surface area contributed by atoms with Crippen molar-refractivity contribution in [3.05, 3.63) is 47.8 Å². The highest BCUT2D eigenvalue weighted by Gasteiger charge is 2.25. The molecule has 1 unspecified atom stereocenters. The molecular weight excluding hydrogens is 292 g/mol. The van der Waals surface area contributed by atoms with Crippen LogP contribution < -0.4 is 0 Å². The number of aliphatic hydroxyl groups excluding tert-OH is 1. The van der Waals surface area contributed by atoms with Crippen molar-refractivity contribution >= 4 is 5.91 Å². The molecule has 3 rings (SSSR count). The molecule has 23 heavy (non-hydrogen) atoms. The van der Waals surface area contributed by atoms with Gasteiger partial charge in [-0.1, -0.05) is 6.07 Å². The van der Waals surface area contributed by atoms with E-state index in [9.17, 15) is 4.79 Å². The van der Waals surface area contributed by atoms with Crippen molar-refractivity contribution in [1.29, 1.82) is 0 Å². The maximum atomic E-state index is 12.6. The predicted molar refractivity (Wildman–Crippen MR) is 85.8 cm³/mol. The van der Waals surface area contributed by atoms with Gasteiger partial charge >= 0.3 is 0 Å². The normalized spacial score (nSPS) is 18.2. The van der Waals surface area contributed by atoms with Gasteiger partial charge in [0.15, 0.2) is 0 Å². The van der Waals surface area contributed by atoms with Crippen LogP contribution in [0.15, 0.2) is 30.6 Å². The van der Waals surface area contributed by atoms with Crippen molar-refractivity contribution in [2.45, 2.75) is 32.9 Å². The molecule has 2 aromatic heterocycles. The van der Waals surface area contributed by atoms with Gasteiger partial charge in [0.25, 0.3) is 5.91 Å². The molecule has 122 valence electrons. The monoisotopic (exact) mass is 314 g/mol. The number of aromatic nitrogens is 3. The molecule has 0 saturated carbocycles. The molecule has 0 bridgehead atoms. The van der Waals surface area contributed by atoms with Crippen molar-refractivity contribution in [2.24, 2.45) is 5.92 Å². The van der Waals surface area contributed by atoms with Gasteiger partial charge in [0.05, 0.1) is 12.3 Å². The summed E-state index contributed by atoms with van der Waals surface area (Å²) < 4.78 is 2.14. The first-order chi connectivity index (χ1) is 11.2. The van der Waals surface area contributed by atoms with E-state index in [1.165, 1.54) is 0 Å². The maximum absolute atomic E-state index is 12.6. The van der Waals surface area contributed by atoms with Gasteiger partial charge in [-0.25, -0.2) is 9.97 Å². The third-order valence-corrected chi connectivity index (χ3v) is 4.37. The van der Waals surface area contributed by atoms with Gasteiger partial charge in [0.2, 0.25) is 0 Å². The second-order valence-electron chi connectivity index (χ2n) is 6.06. The van der Waals surface area contributed by atoms with E-state index in [1.54, 1.807) is 18.2 Å². The summed E-state index contributed by atoms with van der Waals surface area (Å²) in [5.74, 6) is 1.39. The summed E-state index contributed by atoms with van der Waals surface area (Å²) in [5, 5.41) is 9.17. The molecule has 6 nitrogen and oxygen atoms in total. The molecule has 3 heterocycles. The van der Waals surface area contributed by atoms with E-state index in [-0.39, 0.29) is 12.5 Å². The van der Waals surface area contributed by atoms with Gasteiger partial charge in [0.1, 0.15) is 11.5 Å². The number of aryl methyl sites for hydroxylation is 1. The van der Waals surface area contributed by atoms with E-state index in [2.05, 4.69) is 14.5 Å². The number of likely N-dealkylation sites (tertiary alicyclic amines) is 1. The summed E-state index contributed by atoms with van der Waals surface area (Å²) in [7, 11) is 0. The number of amides is 1. The average molecular weight is 314 g/mol. The number of hydrogen-bond acceptors (Lipinski definition) is 4. The maximum Gasteiger partial charge on any atom is 0.272 e. The zero-order valence-electron chi connectivity index (χ0n) is 13.4. The number of nitrogens with zero attached hydrogens (tertiary/aromatic N) is 4. The van der Waals surface area contributed by atoms with Crippen LogP contribution in [0.4, 0.5) is 0 Å². The van der Waals surface area contributed by atoms with Crippen LogP contribution in [0.3, 0.4) is 0 Å². The summed E-state index contributed by atoms with van der Waals surface area (Å²) >= 11 is 0. The molecule has 1 N–H and O–H groups in total. The van der Waals surface area contributed by atoms with E-state index in [4.69, 9.17) is 5.11 Å². The lowest BCUT2D eigenvalue weighted by molar-refractivity contribution is 0.0655. The van der Waals surface area contributed by atoms with Crippen LogP contribution in [-0.4, -0.2) is 43.5 Å². The lowest BCUT2D eigenvalue weighted by Gasteiger charge is -2.33. The van der Waals surface area contributed by atoms with Crippen molar-refractivity contribution in [2.75, 3.05) is 13.1 Å². The average Bonchev–Trinajstić information content (AvgIpc) is 2.99. The highest BCUT2D eigenvalue weighted by molar-refractivity contribution is 5.92. The first kappa shape index (κ1) is 15.7. The third kappa shape index (κ3) is 3.59. The van der Waals surface area contributed by atoms with Crippen LogP contribution in [0.5, 0.6) is 0 Å². The van der Waals surface area contributed by atoms with Crippen molar-refractivity contribution in [3.8, 4) is 0 Å². The Bertz CT molecular complexity index is 683. The minimum Gasteiger partial charge on any atom is -0.390 e. The van der Waals surface area contributed by atoms with Gasteiger partial charge in [-0.3, -0.25) is 4.79 Å². The second-order valence-corrected chi connectivity index (χ2v) is 6.06. The minimum absolute atomic E-state index is 0.0487. The van der Waals surface area contributed by atoms with Crippen LogP contribution >= 0.6 is 0 Å². The zero-order valence-corrected chi connectivity index (χ0v) is 13.4. The molecule has 0 spiro atoms. The minimum atomic E-state index is -0.149. The Morgan fingerprint density at radius 1 is 1.43 bits per heavy atom. The molecule has 1 atom stereocenters. The summed E-state index contributed by atoms with van der Waals surface area (Å²) in [4.78, 5) is 23.0. The van der Waals surface area contributed by atoms with Gasteiger partial charge in [0, 0.05) is 32.0 Å². The SMILES string of the molecule is Cc1nccn1CC1CCCN(C(=O)c2cccc(CO)n2)C1. The molecule has 1 amide bonds. The molecule has 1 aliphatic heterocycles. The van der Waals surface area contributed by atoms with E-state index in [1.807, 2.05) is 24.2 Å². The van der Waals surface area contributed by atoms with E-state index < -0.39 is 0 Å². The number of imidazole rings is 1. The fourth-order valence-electron chi connectivity index (χ4n) is 3.12. The first-order valence-corrected chi connectivity index (χ1v) is 8.01. The molecule has 0 aromatic carbocycles. The largest absolute Gasteiger partial charge is 0.390 e. The highest BCUT2D eigenvalue weighted by Crippen LogP contribution is 2.20. The van der Waals surface area contributed by atoms with Crippen LogP contribution in [0.25, 0.3) is 0 Å². The molecule has 1 fully saturated rings. The smallest absolute Gasteiger partial charge is 0.272 e. The Hall–Kier alpha value is -2.21.